The second-order valence-electron chi connectivity index (χ2n) is 2.43. The lowest BCUT2D eigenvalue weighted by atomic mass is 10.3. The molecule has 0 atom stereocenters. The first-order valence-corrected chi connectivity index (χ1v) is 7.08. The minimum absolute atomic E-state index is 0.139. The van der Waals surface area contributed by atoms with Crippen molar-refractivity contribution in [2.24, 2.45) is 0 Å². The Morgan fingerprint density at radius 2 is 1.93 bits per heavy atom. The molecule has 0 saturated carbocycles. The van der Waals surface area contributed by atoms with Gasteiger partial charge in [-0.15, -0.1) is 0 Å². The molecule has 0 unspecified atom stereocenters. The second kappa shape index (κ2) is 4.40. The second-order valence-corrected chi connectivity index (χ2v) is 6.53. The first kappa shape index (κ1) is 12.9. The molecule has 5 nitrogen and oxygen atoms in total. The summed E-state index contributed by atoms with van der Waals surface area (Å²) in [5.41, 5.74) is -0.348. The fourth-order valence-electron chi connectivity index (χ4n) is 0.845. The Morgan fingerprint density at radius 3 is 2.33 bits per heavy atom. The Balaban J connectivity index is 3.58. The summed E-state index contributed by atoms with van der Waals surface area (Å²) < 4.78 is 22.2. The molecular weight excluding hydrogens is 380 g/mol. The van der Waals surface area contributed by atoms with Crippen molar-refractivity contribution in [3.05, 3.63) is 30.8 Å². The summed E-state index contributed by atoms with van der Waals surface area (Å²) in [6, 6.07) is 2.02. The number of halogens is 3. The highest BCUT2D eigenvalue weighted by Crippen LogP contribution is 2.32. The molecule has 0 aromatic heterocycles. The molecule has 0 aliphatic carbocycles. The number of rotatable bonds is 2. The number of hydrogen-bond donors (Lipinski definition) is 0. The minimum atomic E-state index is -4.07. The highest BCUT2D eigenvalue weighted by atomic mass is 127. The van der Waals surface area contributed by atoms with Crippen LogP contribution < -0.4 is 0 Å². The van der Waals surface area contributed by atoms with Gasteiger partial charge in [0, 0.05) is 16.7 Å². The van der Waals surface area contributed by atoms with Gasteiger partial charge >= 0.3 is 0 Å². The van der Waals surface area contributed by atoms with Crippen molar-refractivity contribution in [3.63, 3.8) is 0 Å². The normalized spacial score (nSPS) is 11.4. The van der Waals surface area contributed by atoms with Gasteiger partial charge in [-0.25, -0.2) is 8.42 Å². The number of hydrogen-bond acceptors (Lipinski definition) is 4. The van der Waals surface area contributed by atoms with Crippen molar-refractivity contribution >= 4 is 59.6 Å². The van der Waals surface area contributed by atoms with Crippen LogP contribution in [-0.4, -0.2) is 13.3 Å². The third kappa shape index (κ3) is 2.92. The molecule has 0 aliphatic heterocycles. The van der Waals surface area contributed by atoms with E-state index in [0.29, 0.717) is 0 Å². The van der Waals surface area contributed by atoms with Crippen molar-refractivity contribution in [1.82, 2.24) is 0 Å². The van der Waals surface area contributed by atoms with E-state index in [1.807, 2.05) is 0 Å². The first-order valence-electron chi connectivity index (χ1n) is 3.31. The van der Waals surface area contributed by atoms with Gasteiger partial charge in [0.25, 0.3) is 14.7 Å². The average Bonchev–Trinajstić information content (AvgIpc) is 2.00. The molecule has 0 bridgehead atoms. The summed E-state index contributed by atoms with van der Waals surface area (Å²) in [5, 5.41) is 10.4. The molecule has 0 aliphatic rings. The first-order chi connectivity index (χ1) is 6.73. The molecule has 82 valence electrons. The molecule has 9 heteroatoms. The van der Waals surface area contributed by atoms with Crippen LogP contribution in [0, 0.1) is 13.7 Å². The molecule has 0 N–H and O–H groups in total. The van der Waals surface area contributed by atoms with Crippen LogP contribution in [-0.2, 0) is 9.05 Å². The monoisotopic (exact) mass is 381 g/mol. The molecule has 0 saturated heterocycles. The van der Waals surface area contributed by atoms with Crippen LogP contribution in [0.1, 0.15) is 0 Å². The van der Waals surface area contributed by atoms with Crippen LogP contribution >= 0.6 is 44.9 Å². The summed E-state index contributed by atoms with van der Waals surface area (Å²) >= 11 is 7.28. The molecule has 15 heavy (non-hydrogen) atoms. The maximum Gasteiger partial charge on any atom is 0.284 e. The van der Waals surface area contributed by atoms with Gasteiger partial charge in [0.05, 0.1) is 13.5 Å². The molecular formula is C6H2Cl2INO4S. The van der Waals surface area contributed by atoms with Crippen molar-refractivity contribution in [2.75, 3.05) is 0 Å². The fraction of sp³-hybridized carbons (Fsp3) is 0. The van der Waals surface area contributed by atoms with E-state index < -0.39 is 18.9 Å². The maximum absolute atomic E-state index is 11.0. The lowest BCUT2D eigenvalue weighted by molar-refractivity contribution is -0.386. The molecule has 1 aromatic carbocycles. The van der Waals surface area contributed by atoms with Gasteiger partial charge in [-0.2, -0.15) is 0 Å². The SMILES string of the molecule is O=[N+]([O-])c1cc(S(=O)(=O)Cl)c(Cl)cc1I. The lowest BCUT2D eigenvalue weighted by Crippen LogP contribution is -1.97. The Morgan fingerprint density at radius 1 is 1.40 bits per heavy atom. The summed E-state index contributed by atoms with van der Waals surface area (Å²) in [4.78, 5) is 9.37. The molecule has 0 spiro atoms. The number of nitro groups is 1. The molecule has 1 rings (SSSR count). The summed E-state index contributed by atoms with van der Waals surface area (Å²) in [5.74, 6) is 0. The Bertz CT molecular complexity index is 530. The molecule has 0 amide bonds. The number of nitro benzene ring substituents is 1. The number of nitrogens with zero attached hydrogens (tertiary/aromatic N) is 1. The standard InChI is InChI=1S/C6H2Cl2INO4S/c7-3-1-4(9)5(10(11)12)2-6(3)15(8,13)14/h1-2H. The minimum Gasteiger partial charge on any atom is -0.258 e. The highest BCUT2D eigenvalue weighted by Gasteiger charge is 2.22. The van der Waals surface area contributed by atoms with Gasteiger partial charge < -0.3 is 0 Å². The van der Waals surface area contributed by atoms with Crippen LogP contribution in [0.2, 0.25) is 5.02 Å². The molecule has 0 radical (unpaired) electrons. The van der Waals surface area contributed by atoms with Crippen LogP contribution in [0.3, 0.4) is 0 Å². The smallest absolute Gasteiger partial charge is 0.258 e. The summed E-state index contributed by atoms with van der Waals surface area (Å²) in [7, 11) is 0.982. The van der Waals surface area contributed by atoms with E-state index in [2.05, 4.69) is 0 Å². The largest absolute Gasteiger partial charge is 0.284 e. The molecule has 0 fully saturated rings. The third-order valence-corrected chi connectivity index (χ3v) is 4.11. The average molecular weight is 382 g/mol. The summed E-state index contributed by atoms with van der Waals surface area (Å²) in [6.45, 7) is 0. The van der Waals surface area contributed by atoms with E-state index in [-0.39, 0.29) is 14.3 Å². The van der Waals surface area contributed by atoms with Gasteiger partial charge in [0.2, 0.25) is 0 Å². The predicted molar refractivity (Wildman–Crippen MR) is 63.9 cm³/mol. The molecule has 0 heterocycles. The van der Waals surface area contributed by atoms with Gasteiger partial charge in [-0.1, -0.05) is 11.6 Å². The predicted octanol–water partition coefficient (Wildman–Crippen LogP) is 2.78. The van der Waals surface area contributed by atoms with E-state index in [1.165, 1.54) is 6.07 Å². The topological polar surface area (TPSA) is 77.3 Å². The van der Waals surface area contributed by atoms with Crippen molar-refractivity contribution in [3.8, 4) is 0 Å². The maximum atomic E-state index is 11.0. The van der Waals surface area contributed by atoms with E-state index in [9.17, 15) is 18.5 Å². The van der Waals surface area contributed by atoms with Crippen molar-refractivity contribution < 1.29 is 13.3 Å². The summed E-state index contributed by atoms with van der Waals surface area (Å²) in [6.07, 6.45) is 0. The van der Waals surface area contributed by atoms with E-state index in [0.717, 1.165) is 6.07 Å². The van der Waals surface area contributed by atoms with Crippen molar-refractivity contribution in [1.29, 1.82) is 0 Å². The zero-order valence-corrected chi connectivity index (χ0v) is 11.3. The van der Waals surface area contributed by atoms with Gasteiger partial charge in [0.15, 0.2) is 0 Å². The zero-order valence-electron chi connectivity index (χ0n) is 6.78. The third-order valence-electron chi connectivity index (χ3n) is 1.46. The van der Waals surface area contributed by atoms with E-state index in [4.69, 9.17) is 22.3 Å². The van der Waals surface area contributed by atoms with Crippen LogP contribution in [0.4, 0.5) is 5.69 Å². The fourth-order valence-corrected chi connectivity index (χ4v) is 3.21. The van der Waals surface area contributed by atoms with Crippen LogP contribution in [0.5, 0.6) is 0 Å². The Hall–Kier alpha value is -0.120. The highest BCUT2D eigenvalue weighted by molar-refractivity contribution is 14.1. The number of benzene rings is 1. The Kier molecular flexibility index (Phi) is 3.80. The van der Waals surface area contributed by atoms with Gasteiger partial charge in [-0.3, -0.25) is 10.1 Å². The quantitative estimate of drug-likeness (QED) is 0.341. The van der Waals surface area contributed by atoms with Crippen molar-refractivity contribution in [2.45, 2.75) is 4.90 Å². The molecule has 1 aromatic rings. The van der Waals surface area contributed by atoms with Crippen LogP contribution in [0.25, 0.3) is 0 Å². The lowest BCUT2D eigenvalue weighted by Gasteiger charge is -2.01. The Labute approximate surface area is 108 Å². The van der Waals surface area contributed by atoms with Crippen LogP contribution in [0.15, 0.2) is 17.0 Å². The van der Waals surface area contributed by atoms with Gasteiger partial charge in [0.1, 0.15) is 4.90 Å². The van der Waals surface area contributed by atoms with E-state index >= 15 is 0 Å². The van der Waals surface area contributed by atoms with Gasteiger partial charge in [-0.05, 0) is 28.7 Å². The zero-order chi connectivity index (χ0) is 11.8. The van der Waals surface area contributed by atoms with E-state index in [1.54, 1.807) is 22.6 Å².